The quantitative estimate of drug-likeness (QED) is 0.482. The molecular formula is C24H26Cl2FN3O3. The molecule has 0 amide bonds. The van der Waals surface area contributed by atoms with E-state index in [1.807, 2.05) is 20.8 Å². The highest BCUT2D eigenvalue weighted by Crippen LogP contribution is 2.27. The van der Waals surface area contributed by atoms with Crippen LogP contribution in [0, 0.1) is 11.2 Å². The first kappa shape index (κ1) is 25.1. The van der Waals surface area contributed by atoms with E-state index in [2.05, 4.69) is 5.10 Å². The molecule has 1 N–H and O–H groups in total. The third kappa shape index (κ3) is 6.10. The van der Waals surface area contributed by atoms with Crippen molar-refractivity contribution >= 4 is 29.0 Å². The maximum absolute atomic E-state index is 14.4. The van der Waals surface area contributed by atoms with Gasteiger partial charge in [0.15, 0.2) is 11.6 Å². The van der Waals surface area contributed by atoms with Crippen molar-refractivity contribution in [3.8, 4) is 11.4 Å². The molecular weight excluding hydrogens is 468 g/mol. The highest BCUT2D eigenvalue weighted by Gasteiger charge is 2.24. The molecule has 3 aromatic rings. The highest BCUT2D eigenvalue weighted by molar-refractivity contribution is 6.31. The standard InChI is InChI=1S/C24H26Cl2FN3O3/c1-24(2,3)14-29-22(15-7-9-17(25)10-8-15)28-30(23(29)33)12-18(32)11-16(13-31)19-5-4-6-20(26)21(19)27/h4-10,16,31H,11-14H2,1-3H3. The van der Waals surface area contributed by atoms with Gasteiger partial charge in [0.2, 0.25) is 0 Å². The molecule has 0 fully saturated rings. The maximum Gasteiger partial charge on any atom is 0.346 e. The monoisotopic (exact) mass is 493 g/mol. The van der Waals surface area contributed by atoms with E-state index in [0.29, 0.717) is 23.0 Å². The summed E-state index contributed by atoms with van der Waals surface area (Å²) < 4.78 is 17.0. The molecule has 1 heterocycles. The fourth-order valence-electron chi connectivity index (χ4n) is 3.59. The van der Waals surface area contributed by atoms with Crippen molar-refractivity contribution in [3.63, 3.8) is 0 Å². The van der Waals surface area contributed by atoms with Crippen LogP contribution in [0.15, 0.2) is 47.3 Å². The molecule has 0 aliphatic heterocycles. The molecule has 9 heteroatoms. The number of aromatic nitrogens is 3. The summed E-state index contributed by atoms with van der Waals surface area (Å²) in [6, 6.07) is 11.4. The van der Waals surface area contributed by atoms with Gasteiger partial charge in [0.05, 0.1) is 11.6 Å². The average Bonchev–Trinajstić information content (AvgIpc) is 3.03. The Morgan fingerprint density at radius 2 is 1.82 bits per heavy atom. The molecule has 0 bridgehead atoms. The van der Waals surface area contributed by atoms with Crippen molar-refractivity contribution in [2.45, 2.75) is 46.2 Å². The Bertz CT molecular complexity index is 1200. The summed E-state index contributed by atoms with van der Waals surface area (Å²) in [7, 11) is 0. The number of ketones is 1. The molecule has 0 radical (unpaired) electrons. The molecule has 1 unspecified atom stereocenters. The van der Waals surface area contributed by atoms with Crippen LogP contribution in [-0.2, 0) is 17.9 Å². The Morgan fingerprint density at radius 1 is 1.15 bits per heavy atom. The Morgan fingerprint density at radius 3 is 2.42 bits per heavy atom. The number of benzene rings is 2. The molecule has 6 nitrogen and oxygen atoms in total. The summed E-state index contributed by atoms with van der Waals surface area (Å²) >= 11 is 11.8. The Kier molecular flexibility index (Phi) is 7.77. The molecule has 176 valence electrons. The van der Waals surface area contributed by atoms with Gasteiger partial charge in [-0.25, -0.2) is 13.9 Å². The first-order valence-corrected chi connectivity index (χ1v) is 11.3. The summed E-state index contributed by atoms with van der Waals surface area (Å²) in [5.74, 6) is -1.38. The number of rotatable bonds is 8. The van der Waals surface area contributed by atoms with E-state index in [1.54, 1.807) is 30.3 Å². The number of nitrogens with zero attached hydrogens (tertiary/aromatic N) is 3. The molecule has 1 aromatic heterocycles. The lowest BCUT2D eigenvalue weighted by Gasteiger charge is -2.19. The van der Waals surface area contributed by atoms with Crippen molar-refractivity contribution in [3.05, 3.63) is 74.4 Å². The van der Waals surface area contributed by atoms with Crippen LogP contribution in [0.2, 0.25) is 10.0 Å². The molecule has 0 saturated heterocycles. The maximum atomic E-state index is 14.4. The third-order valence-corrected chi connectivity index (χ3v) is 5.64. The van der Waals surface area contributed by atoms with Crippen LogP contribution >= 0.6 is 23.2 Å². The van der Waals surface area contributed by atoms with Crippen LogP contribution in [0.5, 0.6) is 0 Å². The minimum atomic E-state index is -0.778. The lowest BCUT2D eigenvalue weighted by Crippen LogP contribution is -2.31. The van der Waals surface area contributed by atoms with Crippen LogP contribution in [0.25, 0.3) is 11.4 Å². The van der Waals surface area contributed by atoms with Crippen molar-refractivity contribution in [2.75, 3.05) is 6.61 Å². The summed E-state index contributed by atoms with van der Waals surface area (Å²) in [5, 5.41) is 14.6. The zero-order valence-corrected chi connectivity index (χ0v) is 20.2. The zero-order chi connectivity index (χ0) is 24.3. The first-order valence-electron chi connectivity index (χ1n) is 10.5. The van der Waals surface area contributed by atoms with E-state index in [4.69, 9.17) is 23.2 Å². The van der Waals surface area contributed by atoms with E-state index < -0.39 is 24.0 Å². The number of aliphatic hydroxyl groups excluding tert-OH is 1. The number of hydrogen-bond donors (Lipinski definition) is 1. The average molecular weight is 494 g/mol. The number of carbonyl (C=O) groups excluding carboxylic acids is 1. The van der Waals surface area contributed by atoms with Crippen molar-refractivity contribution in [2.24, 2.45) is 5.41 Å². The lowest BCUT2D eigenvalue weighted by molar-refractivity contribution is -0.120. The van der Waals surface area contributed by atoms with E-state index in [1.165, 1.54) is 16.7 Å². The first-order chi connectivity index (χ1) is 15.5. The largest absolute Gasteiger partial charge is 0.396 e. The molecule has 0 aliphatic rings. The summed E-state index contributed by atoms with van der Waals surface area (Å²) in [4.78, 5) is 25.9. The molecule has 33 heavy (non-hydrogen) atoms. The minimum Gasteiger partial charge on any atom is -0.396 e. The summed E-state index contributed by atoms with van der Waals surface area (Å²) in [6.45, 7) is 5.66. The second kappa shape index (κ2) is 10.2. The zero-order valence-electron chi connectivity index (χ0n) is 18.7. The van der Waals surface area contributed by atoms with Gasteiger partial charge >= 0.3 is 5.69 Å². The van der Waals surface area contributed by atoms with Crippen LogP contribution in [0.4, 0.5) is 4.39 Å². The molecule has 1 atom stereocenters. The third-order valence-electron chi connectivity index (χ3n) is 5.10. The fourth-order valence-corrected chi connectivity index (χ4v) is 3.90. The predicted molar refractivity (Wildman–Crippen MR) is 127 cm³/mol. The number of carbonyl (C=O) groups is 1. The Labute approximate surface area is 201 Å². The number of halogens is 3. The van der Waals surface area contributed by atoms with E-state index in [-0.39, 0.29) is 34.7 Å². The second-order valence-electron chi connectivity index (χ2n) is 9.18. The predicted octanol–water partition coefficient (Wildman–Crippen LogP) is 4.94. The number of aliphatic hydroxyl groups is 1. The molecule has 3 rings (SSSR count). The number of hydrogen-bond acceptors (Lipinski definition) is 4. The van der Waals surface area contributed by atoms with Crippen LogP contribution in [0.1, 0.15) is 38.7 Å². The highest BCUT2D eigenvalue weighted by atomic mass is 35.5. The summed E-state index contributed by atoms with van der Waals surface area (Å²) in [6.07, 6.45) is -0.164. The topological polar surface area (TPSA) is 77.1 Å². The molecule has 0 aliphatic carbocycles. The van der Waals surface area contributed by atoms with E-state index in [0.717, 1.165) is 4.68 Å². The van der Waals surface area contributed by atoms with Gasteiger partial charge in [0.1, 0.15) is 12.4 Å². The van der Waals surface area contributed by atoms with E-state index in [9.17, 15) is 19.1 Å². The van der Waals surface area contributed by atoms with Gasteiger partial charge in [-0.2, -0.15) is 0 Å². The number of Topliss-reactive ketones (excluding diaryl/α,β-unsaturated/α-hetero) is 1. The SMILES string of the molecule is CC(C)(C)Cn1c(-c2ccc(Cl)cc2)nn(CC(=O)CC(CO)c2cccc(Cl)c2F)c1=O. The molecule has 0 saturated carbocycles. The normalized spacial score (nSPS) is 12.7. The van der Waals surface area contributed by atoms with Crippen molar-refractivity contribution < 1.29 is 14.3 Å². The molecule has 2 aromatic carbocycles. The van der Waals surface area contributed by atoms with Crippen molar-refractivity contribution in [1.29, 1.82) is 0 Å². The van der Waals surface area contributed by atoms with Gasteiger partial charge in [0, 0.05) is 29.5 Å². The van der Waals surface area contributed by atoms with Crippen LogP contribution in [-0.4, -0.2) is 31.8 Å². The smallest absolute Gasteiger partial charge is 0.346 e. The summed E-state index contributed by atoms with van der Waals surface area (Å²) in [5.41, 5.74) is 0.222. The molecule has 0 spiro atoms. The Hall–Kier alpha value is -2.48. The van der Waals surface area contributed by atoms with Crippen LogP contribution in [0.3, 0.4) is 0 Å². The van der Waals surface area contributed by atoms with Gasteiger partial charge < -0.3 is 5.11 Å². The van der Waals surface area contributed by atoms with Crippen LogP contribution < -0.4 is 5.69 Å². The van der Waals surface area contributed by atoms with Crippen molar-refractivity contribution in [1.82, 2.24) is 14.3 Å². The fraction of sp³-hybridized carbons (Fsp3) is 0.375. The lowest BCUT2D eigenvalue weighted by atomic mass is 9.94. The van der Waals surface area contributed by atoms with E-state index >= 15 is 0 Å². The Balaban J connectivity index is 1.90. The van der Waals surface area contributed by atoms with Gasteiger partial charge in [-0.15, -0.1) is 5.10 Å². The second-order valence-corrected chi connectivity index (χ2v) is 10.0. The van der Waals surface area contributed by atoms with Gasteiger partial charge in [-0.1, -0.05) is 56.1 Å². The van der Waals surface area contributed by atoms with Gasteiger partial charge in [-0.3, -0.25) is 9.36 Å². The minimum absolute atomic E-state index is 0.0804. The van der Waals surface area contributed by atoms with Gasteiger partial charge in [0.25, 0.3) is 0 Å². The van der Waals surface area contributed by atoms with Gasteiger partial charge in [-0.05, 0) is 41.3 Å².